The zero-order valence-electron chi connectivity index (χ0n) is 14.6. The summed E-state index contributed by atoms with van der Waals surface area (Å²) in [4.78, 5) is 30.7. The van der Waals surface area contributed by atoms with Crippen molar-refractivity contribution in [3.8, 4) is 5.75 Å². The minimum atomic E-state index is -0.378. The predicted octanol–water partition coefficient (Wildman–Crippen LogP) is 5.81. The average molecular weight is 629 g/mol. The van der Waals surface area contributed by atoms with Crippen LogP contribution in [0.25, 0.3) is 0 Å². The number of halogens is 3. The lowest BCUT2D eigenvalue weighted by molar-refractivity contribution is 0.0926. The number of anilines is 1. The second-order valence-electron chi connectivity index (χ2n) is 6.21. The van der Waals surface area contributed by atoms with Gasteiger partial charge in [-0.25, -0.2) is 4.90 Å². The lowest BCUT2D eigenvalue weighted by Crippen LogP contribution is -2.29. The zero-order chi connectivity index (χ0) is 20.7. The van der Waals surface area contributed by atoms with Crippen LogP contribution in [0, 0.1) is 7.14 Å². The Balaban J connectivity index is 1.65. The van der Waals surface area contributed by atoms with E-state index in [1.165, 1.54) is 12.3 Å². The van der Waals surface area contributed by atoms with Crippen LogP contribution in [0.4, 0.5) is 11.4 Å². The van der Waals surface area contributed by atoms with Gasteiger partial charge in [-0.1, -0.05) is 23.7 Å². The number of fused-ring (bicyclic) bond motifs is 1. The Morgan fingerprint density at radius 2 is 1.62 bits per heavy atom. The van der Waals surface area contributed by atoms with Crippen molar-refractivity contribution in [1.82, 2.24) is 0 Å². The Bertz CT molecular complexity index is 1180. The standard InChI is InChI=1S/C21H11ClI2N2O3/c22-16-9-13(26-20(28)14-3-1-2-4-15(14)21(26)29)5-6-18(16)25-10-11-7-12(23)8-17(24)19(11)27/h1-10,27H. The van der Waals surface area contributed by atoms with Crippen molar-refractivity contribution in [2.24, 2.45) is 4.99 Å². The Kier molecular flexibility index (Phi) is 5.63. The van der Waals surface area contributed by atoms with Gasteiger partial charge in [0.1, 0.15) is 5.75 Å². The molecule has 1 aliphatic rings. The normalized spacial score (nSPS) is 13.4. The minimum absolute atomic E-state index is 0.147. The highest BCUT2D eigenvalue weighted by Gasteiger charge is 2.36. The summed E-state index contributed by atoms with van der Waals surface area (Å²) in [6.07, 6.45) is 1.53. The number of carbonyl (C=O) groups is 2. The molecule has 3 aromatic rings. The first-order valence-electron chi connectivity index (χ1n) is 8.36. The van der Waals surface area contributed by atoms with Crippen LogP contribution in [-0.4, -0.2) is 23.1 Å². The summed E-state index contributed by atoms with van der Waals surface area (Å²) in [6.45, 7) is 0. The van der Waals surface area contributed by atoms with E-state index in [1.54, 1.807) is 36.4 Å². The third-order valence-electron chi connectivity index (χ3n) is 4.38. The molecule has 29 heavy (non-hydrogen) atoms. The van der Waals surface area contributed by atoms with E-state index in [0.717, 1.165) is 12.0 Å². The van der Waals surface area contributed by atoms with Crippen LogP contribution in [0.2, 0.25) is 5.02 Å². The summed E-state index contributed by atoms with van der Waals surface area (Å²) < 4.78 is 1.70. The van der Waals surface area contributed by atoms with Gasteiger partial charge in [0.25, 0.3) is 11.8 Å². The molecule has 3 aromatic carbocycles. The van der Waals surface area contributed by atoms with E-state index in [2.05, 4.69) is 50.2 Å². The molecule has 0 unspecified atom stereocenters. The minimum Gasteiger partial charge on any atom is -0.506 e. The first-order valence-corrected chi connectivity index (χ1v) is 10.9. The molecule has 0 bridgehead atoms. The topological polar surface area (TPSA) is 70.0 Å². The fourth-order valence-electron chi connectivity index (χ4n) is 2.99. The first kappa shape index (κ1) is 20.3. The maximum atomic E-state index is 12.6. The number of nitrogens with zero attached hydrogens (tertiary/aromatic N) is 2. The fourth-order valence-corrected chi connectivity index (χ4v) is 5.10. The lowest BCUT2D eigenvalue weighted by atomic mass is 10.1. The summed E-state index contributed by atoms with van der Waals surface area (Å²) >= 11 is 10.6. The molecule has 0 aliphatic carbocycles. The van der Waals surface area contributed by atoms with Gasteiger partial charge in [0.2, 0.25) is 0 Å². The van der Waals surface area contributed by atoms with E-state index < -0.39 is 0 Å². The molecule has 0 saturated carbocycles. The van der Waals surface area contributed by atoms with Crippen LogP contribution in [0.15, 0.2) is 59.6 Å². The smallest absolute Gasteiger partial charge is 0.266 e. The summed E-state index contributed by atoms with van der Waals surface area (Å²) in [5, 5.41) is 10.5. The van der Waals surface area contributed by atoms with Crippen molar-refractivity contribution in [3.63, 3.8) is 0 Å². The number of rotatable bonds is 3. The quantitative estimate of drug-likeness (QED) is 0.226. The van der Waals surface area contributed by atoms with Gasteiger partial charge in [-0.15, -0.1) is 0 Å². The Morgan fingerprint density at radius 1 is 0.966 bits per heavy atom. The molecule has 5 nitrogen and oxygen atoms in total. The Morgan fingerprint density at radius 3 is 2.24 bits per heavy atom. The molecular formula is C21H11ClI2N2O3. The van der Waals surface area contributed by atoms with E-state index >= 15 is 0 Å². The predicted molar refractivity (Wildman–Crippen MR) is 130 cm³/mol. The monoisotopic (exact) mass is 628 g/mol. The molecule has 1 heterocycles. The summed E-state index contributed by atoms with van der Waals surface area (Å²) in [5.41, 5.74) is 2.16. The maximum Gasteiger partial charge on any atom is 0.266 e. The molecule has 2 amide bonds. The van der Waals surface area contributed by atoms with E-state index in [9.17, 15) is 14.7 Å². The molecule has 1 aliphatic heterocycles. The summed E-state index contributed by atoms with van der Waals surface area (Å²) in [7, 11) is 0. The molecule has 0 radical (unpaired) electrons. The molecule has 0 fully saturated rings. The number of aromatic hydroxyl groups is 1. The van der Waals surface area contributed by atoms with Crippen molar-refractivity contribution in [3.05, 3.63) is 83.5 Å². The molecule has 0 atom stereocenters. The number of phenolic OH excluding ortho intramolecular Hbond substituents is 1. The lowest BCUT2D eigenvalue weighted by Gasteiger charge is -2.14. The molecule has 144 valence electrons. The van der Waals surface area contributed by atoms with Gasteiger partial charge in [0.05, 0.1) is 31.1 Å². The van der Waals surface area contributed by atoms with Gasteiger partial charge >= 0.3 is 0 Å². The number of amides is 2. The van der Waals surface area contributed by atoms with Crippen LogP contribution >= 0.6 is 56.8 Å². The van der Waals surface area contributed by atoms with Crippen LogP contribution in [0.3, 0.4) is 0 Å². The molecule has 0 aromatic heterocycles. The Hall–Kier alpha value is -1.98. The molecule has 0 saturated heterocycles. The van der Waals surface area contributed by atoms with Crippen LogP contribution in [0.1, 0.15) is 26.3 Å². The highest BCUT2D eigenvalue weighted by Crippen LogP contribution is 2.34. The number of imide groups is 1. The number of hydrogen-bond acceptors (Lipinski definition) is 4. The highest BCUT2D eigenvalue weighted by atomic mass is 127. The molecular weight excluding hydrogens is 618 g/mol. The van der Waals surface area contributed by atoms with Crippen LogP contribution < -0.4 is 4.90 Å². The number of carbonyl (C=O) groups excluding carboxylic acids is 2. The number of phenols is 1. The number of aliphatic imine (C=N–C) groups is 1. The molecule has 8 heteroatoms. The van der Waals surface area contributed by atoms with E-state index in [0.29, 0.717) is 28.1 Å². The molecule has 0 spiro atoms. The van der Waals surface area contributed by atoms with Crippen molar-refractivity contribution < 1.29 is 14.7 Å². The van der Waals surface area contributed by atoms with Gasteiger partial charge < -0.3 is 5.11 Å². The average Bonchev–Trinajstić information content (AvgIpc) is 2.95. The molecule has 4 rings (SSSR count). The van der Waals surface area contributed by atoms with Crippen molar-refractivity contribution in [2.75, 3.05) is 4.90 Å². The van der Waals surface area contributed by atoms with Gasteiger partial charge in [-0.3, -0.25) is 14.6 Å². The maximum absolute atomic E-state index is 12.6. The third-order valence-corrected chi connectivity index (χ3v) is 6.13. The number of hydrogen-bond donors (Lipinski definition) is 1. The third kappa shape index (κ3) is 3.78. The van der Waals surface area contributed by atoms with Crippen LogP contribution in [-0.2, 0) is 0 Å². The van der Waals surface area contributed by atoms with Gasteiger partial charge in [0.15, 0.2) is 0 Å². The van der Waals surface area contributed by atoms with Crippen molar-refractivity contribution >= 4 is 86.2 Å². The highest BCUT2D eigenvalue weighted by molar-refractivity contribution is 14.1. The van der Waals surface area contributed by atoms with Crippen molar-refractivity contribution in [1.29, 1.82) is 0 Å². The fraction of sp³-hybridized carbons (Fsp3) is 0. The van der Waals surface area contributed by atoms with Gasteiger partial charge in [-0.2, -0.15) is 0 Å². The number of benzene rings is 3. The summed E-state index contributed by atoms with van der Waals surface area (Å²) in [5.74, 6) is -0.610. The van der Waals surface area contributed by atoms with Gasteiger partial charge in [-0.05, 0) is 87.6 Å². The largest absolute Gasteiger partial charge is 0.506 e. The van der Waals surface area contributed by atoms with E-state index in [4.69, 9.17) is 11.6 Å². The second-order valence-corrected chi connectivity index (χ2v) is 9.03. The second kappa shape index (κ2) is 8.04. The Labute approximate surface area is 198 Å². The van der Waals surface area contributed by atoms with Crippen LogP contribution in [0.5, 0.6) is 5.75 Å². The van der Waals surface area contributed by atoms with E-state index in [1.807, 2.05) is 12.1 Å². The van der Waals surface area contributed by atoms with Crippen molar-refractivity contribution in [2.45, 2.75) is 0 Å². The zero-order valence-corrected chi connectivity index (χ0v) is 19.6. The van der Waals surface area contributed by atoms with E-state index in [-0.39, 0.29) is 22.6 Å². The van der Waals surface area contributed by atoms with Gasteiger partial charge in [0, 0.05) is 15.3 Å². The SMILES string of the molecule is O=C1c2ccccc2C(=O)N1c1ccc(N=Cc2cc(I)cc(I)c2O)c(Cl)c1. The molecule has 1 N–H and O–H groups in total. The first-order chi connectivity index (χ1) is 13.9. The summed E-state index contributed by atoms with van der Waals surface area (Å²) in [6, 6.07) is 15.2.